The molecule has 3 N–H and O–H groups in total. The number of ether oxygens (including phenoxy) is 2. The molecule has 0 saturated heterocycles. The zero-order chi connectivity index (χ0) is 25.8. The molecule has 0 bridgehead atoms. The van der Waals surface area contributed by atoms with Gasteiger partial charge in [0.25, 0.3) is 5.91 Å². The summed E-state index contributed by atoms with van der Waals surface area (Å²) in [4.78, 5) is 47.8. The predicted molar refractivity (Wildman–Crippen MR) is 129 cm³/mol. The largest absolute Gasteiger partial charge is 0.497 e. The lowest BCUT2D eigenvalue weighted by Crippen LogP contribution is -2.14. The maximum absolute atomic E-state index is 12.9. The van der Waals surface area contributed by atoms with Gasteiger partial charge in [-0.1, -0.05) is 12.1 Å². The van der Waals surface area contributed by atoms with Crippen molar-refractivity contribution in [2.24, 2.45) is 0 Å². The summed E-state index contributed by atoms with van der Waals surface area (Å²) in [5, 5.41) is 20.8. The van der Waals surface area contributed by atoms with Crippen LogP contribution >= 0.6 is 0 Å². The zero-order valence-corrected chi connectivity index (χ0v) is 18.8. The van der Waals surface area contributed by atoms with Gasteiger partial charge in [-0.05, 0) is 59.7 Å². The minimum atomic E-state index is -1.43. The van der Waals surface area contributed by atoms with Crippen molar-refractivity contribution in [2.75, 3.05) is 19.0 Å². The summed E-state index contributed by atoms with van der Waals surface area (Å²) in [6, 6.07) is 16.7. The first kappa shape index (κ1) is 24.0. The lowest BCUT2D eigenvalue weighted by molar-refractivity contribution is -0.139. The Morgan fingerprint density at radius 2 is 1.56 bits per heavy atom. The molecule has 4 aromatic rings. The fourth-order valence-electron chi connectivity index (χ4n) is 3.45. The van der Waals surface area contributed by atoms with E-state index in [1.165, 1.54) is 13.2 Å². The standard InChI is InChI=1S/C26H19NO9/c1-34-17-6-4-15(5-7-17)25(31)27-20-11-16(14-2-8-18(9-3-14)35-13-23(29)30)10-19-21(28)12-22(26(32)33)36-24(19)20/h2-12H,13H2,1H3,(H,27,31)(H,29,30)(H,32,33). The third-order valence-electron chi connectivity index (χ3n) is 5.19. The number of aliphatic carboxylic acids is 1. The number of rotatable bonds is 8. The van der Waals surface area contributed by atoms with E-state index in [9.17, 15) is 24.3 Å². The van der Waals surface area contributed by atoms with Crippen LogP contribution in [0.1, 0.15) is 20.9 Å². The van der Waals surface area contributed by atoms with Crippen LogP contribution in [0.2, 0.25) is 0 Å². The summed E-state index contributed by atoms with van der Waals surface area (Å²) in [6.45, 7) is -0.496. The Kier molecular flexibility index (Phi) is 6.68. The van der Waals surface area contributed by atoms with E-state index in [1.54, 1.807) is 54.6 Å². The van der Waals surface area contributed by atoms with E-state index in [-0.39, 0.29) is 16.7 Å². The van der Waals surface area contributed by atoms with Crippen LogP contribution in [-0.2, 0) is 4.79 Å². The molecule has 0 unspecified atom stereocenters. The maximum Gasteiger partial charge on any atom is 0.371 e. The highest BCUT2D eigenvalue weighted by Crippen LogP contribution is 2.32. The number of carboxylic acids is 2. The summed E-state index contributed by atoms with van der Waals surface area (Å²) in [5.74, 6) is -2.73. The molecule has 1 aromatic heterocycles. The average Bonchev–Trinajstić information content (AvgIpc) is 2.87. The second-order valence-electron chi connectivity index (χ2n) is 7.57. The first-order valence-corrected chi connectivity index (χ1v) is 10.5. The molecule has 0 atom stereocenters. The van der Waals surface area contributed by atoms with Crippen LogP contribution in [0, 0.1) is 0 Å². The van der Waals surface area contributed by atoms with E-state index in [4.69, 9.17) is 19.0 Å². The molecule has 10 nitrogen and oxygen atoms in total. The number of anilines is 1. The SMILES string of the molecule is COc1ccc(C(=O)Nc2cc(-c3ccc(OCC(=O)O)cc3)cc3c(=O)cc(C(=O)O)oc23)cc1. The van der Waals surface area contributed by atoms with Crippen molar-refractivity contribution in [3.63, 3.8) is 0 Å². The van der Waals surface area contributed by atoms with E-state index in [1.807, 2.05) is 0 Å². The van der Waals surface area contributed by atoms with E-state index in [0.717, 1.165) is 6.07 Å². The summed E-state index contributed by atoms with van der Waals surface area (Å²) >= 11 is 0. The van der Waals surface area contributed by atoms with Gasteiger partial charge in [0, 0.05) is 11.6 Å². The Labute approximate surface area is 203 Å². The van der Waals surface area contributed by atoms with Crippen molar-refractivity contribution in [3.8, 4) is 22.6 Å². The molecule has 0 saturated carbocycles. The summed E-state index contributed by atoms with van der Waals surface area (Å²) in [5.41, 5.74) is 0.846. The molecular formula is C26H19NO9. The van der Waals surface area contributed by atoms with Gasteiger partial charge in [0.2, 0.25) is 5.76 Å². The molecule has 4 rings (SSSR count). The van der Waals surface area contributed by atoms with Gasteiger partial charge in [-0.3, -0.25) is 9.59 Å². The van der Waals surface area contributed by atoms with Crippen LogP contribution in [0.25, 0.3) is 22.1 Å². The lowest BCUT2D eigenvalue weighted by Gasteiger charge is -2.12. The molecule has 1 amide bonds. The van der Waals surface area contributed by atoms with Crippen LogP contribution in [0.15, 0.2) is 75.9 Å². The van der Waals surface area contributed by atoms with E-state index in [0.29, 0.717) is 28.2 Å². The number of aromatic carboxylic acids is 1. The van der Waals surface area contributed by atoms with Gasteiger partial charge < -0.3 is 29.4 Å². The highest BCUT2D eigenvalue weighted by atomic mass is 16.5. The predicted octanol–water partition coefficient (Wildman–Crippen LogP) is 3.88. The zero-order valence-electron chi connectivity index (χ0n) is 18.8. The average molecular weight is 489 g/mol. The van der Waals surface area contributed by atoms with Gasteiger partial charge in [0.15, 0.2) is 17.6 Å². The van der Waals surface area contributed by atoms with Crippen molar-refractivity contribution < 1.29 is 38.5 Å². The first-order chi connectivity index (χ1) is 17.2. The number of carboxylic acid groups (broad SMARTS) is 2. The van der Waals surface area contributed by atoms with E-state index in [2.05, 4.69) is 5.32 Å². The molecule has 0 aliphatic rings. The van der Waals surface area contributed by atoms with Gasteiger partial charge in [0.1, 0.15) is 11.5 Å². The second kappa shape index (κ2) is 10.0. The molecule has 0 radical (unpaired) electrons. The van der Waals surface area contributed by atoms with Crippen molar-refractivity contribution in [1.29, 1.82) is 0 Å². The molecule has 10 heteroatoms. The smallest absolute Gasteiger partial charge is 0.371 e. The Bertz CT molecular complexity index is 1520. The Hall–Kier alpha value is -5.12. The molecule has 182 valence electrons. The Balaban J connectivity index is 1.78. The number of benzene rings is 3. The molecule has 0 aliphatic heterocycles. The first-order valence-electron chi connectivity index (χ1n) is 10.5. The monoisotopic (exact) mass is 489 g/mol. The molecule has 0 aliphatic carbocycles. The fourth-order valence-corrected chi connectivity index (χ4v) is 3.45. The number of carbonyl (C=O) groups is 3. The van der Waals surface area contributed by atoms with Crippen LogP contribution in [0.3, 0.4) is 0 Å². The van der Waals surface area contributed by atoms with Gasteiger partial charge in [-0.15, -0.1) is 0 Å². The van der Waals surface area contributed by atoms with E-state index < -0.39 is 35.6 Å². The minimum Gasteiger partial charge on any atom is -0.497 e. The van der Waals surface area contributed by atoms with Crippen LogP contribution in [0.5, 0.6) is 11.5 Å². The molecule has 1 heterocycles. The molecule has 0 fully saturated rings. The summed E-state index contributed by atoms with van der Waals surface area (Å²) in [7, 11) is 1.50. The number of carbonyl (C=O) groups excluding carboxylic acids is 1. The van der Waals surface area contributed by atoms with Crippen molar-refractivity contribution >= 4 is 34.5 Å². The summed E-state index contributed by atoms with van der Waals surface area (Å²) < 4.78 is 15.7. The van der Waals surface area contributed by atoms with Gasteiger partial charge in [-0.2, -0.15) is 0 Å². The van der Waals surface area contributed by atoms with Crippen LogP contribution < -0.4 is 20.2 Å². The number of hydrogen-bond acceptors (Lipinski definition) is 7. The third kappa shape index (κ3) is 5.17. The molecule has 0 spiro atoms. The third-order valence-corrected chi connectivity index (χ3v) is 5.19. The summed E-state index contributed by atoms with van der Waals surface area (Å²) in [6.07, 6.45) is 0. The topological polar surface area (TPSA) is 152 Å². The molecule has 3 aromatic carbocycles. The number of nitrogens with one attached hydrogen (secondary N) is 1. The normalized spacial score (nSPS) is 10.6. The second-order valence-corrected chi connectivity index (χ2v) is 7.57. The Morgan fingerprint density at radius 3 is 2.17 bits per heavy atom. The highest BCUT2D eigenvalue weighted by molar-refractivity contribution is 6.09. The lowest BCUT2D eigenvalue weighted by atomic mass is 10.0. The molecular weight excluding hydrogens is 470 g/mol. The number of methoxy groups -OCH3 is 1. The highest BCUT2D eigenvalue weighted by Gasteiger charge is 2.18. The van der Waals surface area contributed by atoms with Crippen molar-refractivity contribution in [3.05, 3.63) is 88.3 Å². The minimum absolute atomic E-state index is 0.0636. The number of hydrogen-bond donors (Lipinski definition) is 3. The Morgan fingerprint density at radius 1 is 0.889 bits per heavy atom. The van der Waals surface area contributed by atoms with Crippen LogP contribution in [0.4, 0.5) is 5.69 Å². The van der Waals surface area contributed by atoms with Crippen molar-refractivity contribution in [2.45, 2.75) is 0 Å². The van der Waals surface area contributed by atoms with Gasteiger partial charge >= 0.3 is 11.9 Å². The maximum atomic E-state index is 12.9. The fraction of sp³-hybridized carbons (Fsp3) is 0.0769. The number of amides is 1. The molecule has 36 heavy (non-hydrogen) atoms. The van der Waals surface area contributed by atoms with E-state index >= 15 is 0 Å². The number of fused-ring (bicyclic) bond motifs is 1. The van der Waals surface area contributed by atoms with Gasteiger partial charge in [-0.25, -0.2) is 9.59 Å². The van der Waals surface area contributed by atoms with Gasteiger partial charge in [0.05, 0.1) is 18.2 Å². The van der Waals surface area contributed by atoms with Crippen molar-refractivity contribution in [1.82, 2.24) is 0 Å². The quantitative estimate of drug-likeness (QED) is 0.335. The van der Waals surface area contributed by atoms with Crippen LogP contribution in [-0.4, -0.2) is 41.8 Å².